The molecule has 1 aromatic carbocycles. The Hall–Kier alpha value is -1.64. The van der Waals surface area contributed by atoms with Gasteiger partial charge in [-0.05, 0) is 38.5 Å². The molecular weight excluding hydrogens is 406 g/mol. The lowest BCUT2D eigenvalue weighted by Crippen LogP contribution is -2.49. The molecule has 1 amide bonds. The highest BCUT2D eigenvalue weighted by molar-refractivity contribution is 7.99. The standard InChI is InChI=1S/C18H22ClN3O3S2/c1-18(2,10-21-24-3)22-16(23)17(27-5)25-12-6-11-7-13(26-4)9-20-15(11)14(19)8-12/h6-10,17H,1-5H3,(H,22,23). The molecule has 1 unspecified atom stereocenters. The van der Waals surface area contributed by atoms with Crippen LogP contribution in [0, 0.1) is 0 Å². The molecule has 0 spiro atoms. The van der Waals surface area contributed by atoms with Crippen molar-refractivity contribution in [2.75, 3.05) is 19.6 Å². The number of thioether (sulfide) groups is 2. The Kier molecular flexibility index (Phi) is 7.64. The molecule has 1 aromatic heterocycles. The molecule has 6 nitrogen and oxygen atoms in total. The van der Waals surface area contributed by atoms with E-state index in [0.717, 1.165) is 10.3 Å². The van der Waals surface area contributed by atoms with E-state index in [1.54, 1.807) is 30.3 Å². The first-order valence-corrected chi connectivity index (χ1v) is 10.9. The van der Waals surface area contributed by atoms with Gasteiger partial charge in [-0.1, -0.05) is 16.8 Å². The van der Waals surface area contributed by atoms with E-state index in [-0.39, 0.29) is 5.91 Å². The number of pyridine rings is 1. The van der Waals surface area contributed by atoms with Gasteiger partial charge in [-0.2, -0.15) is 0 Å². The van der Waals surface area contributed by atoms with Crippen molar-refractivity contribution in [1.82, 2.24) is 10.3 Å². The van der Waals surface area contributed by atoms with E-state index < -0.39 is 11.0 Å². The number of fused-ring (bicyclic) bond motifs is 1. The van der Waals surface area contributed by atoms with Gasteiger partial charge in [-0.3, -0.25) is 9.78 Å². The minimum Gasteiger partial charge on any atom is -0.470 e. The quantitative estimate of drug-likeness (QED) is 0.294. The number of amides is 1. The predicted octanol–water partition coefficient (Wildman–Crippen LogP) is 4.21. The molecule has 9 heteroatoms. The lowest BCUT2D eigenvalue weighted by Gasteiger charge is -2.24. The summed E-state index contributed by atoms with van der Waals surface area (Å²) in [5, 5.41) is 7.92. The van der Waals surface area contributed by atoms with Crippen LogP contribution in [-0.2, 0) is 9.63 Å². The van der Waals surface area contributed by atoms with Crippen LogP contribution in [0.1, 0.15) is 13.8 Å². The van der Waals surface area contributed by atoms with Crippen LogP contribution >= 0.6 is 35.1 Å². The van der Waals surface area contributed by atoms with Gasteiger partial charge in [-0.25, -0.2) is 0 Å². The number of nitrogens with one attached hydrogen (secondary N) is 1. The molecule has 0 fully saturated rings. The molecule has 0 saturated carbocycles. The van der Waals surface area contributed by atoms with Crippen LogP contribution in [0.25, 0.3) is 10.9 Å². The molecule has 2 rings (SSSR count). The third-order valence-corrected chi connectivity index (χ3v) is 5.24. The average molecular weight is 428 g/mol. The molecule has 1 heterocycles. The Morgan fingerprint density at radius 2 is 2.11 bits per heavy atom. The smallest absolute Gasteiger partial charge is 0.272 e. The van der Waals surface area contributed by atoms with Crippen LogP contribution in [0.2, 0.25) is 5.02 Å². The average Bonchev–Trinajstić information content (AvgIpc) is 2.63. The number of carbonyl (C=O) groups excluding carboxylic acids is 1. The van der Waals surface area contributed by atoms with Crippen molar-refractivity contribution in [2.45, 2.75) is 29.7 Å². The van der Waals surface area contributed by atoms with Gasteiger partial charge in [0, 0.05) is 22.5 Å². The van der Waals surface area contributed by atoms with Crippen molar-refractivity contribution >= 4 is 58.1 Å². The molecule has 146 valence electrons. The number of rotatable bonds is 8. The van der Waals surface area contributed by atoms with Crippen molar-refractivity contribution in [1.29, 1.82) is 0 Å². The largest absolute Gasteiger partial charge is 0.470 e. The van der Waals surface area contributed by atoms with E-state index in [1.807, 2.05) is 32.2 Å². The number of carbonyl (C=O) groups is 1. The minimum absolute atomic E-state index is 0.276. The summed E-state index contributed by atoms with van der Waals surface area (Å²) in [6.45, 7) is 3.63. The van der Waals surface area contributed by atoms with Crippen molar-refractivity contribution in [2.24, 2.45) is 5.16 Å². The molecule has 1 atom stereocenters. The second kappa shape index (κ2) is 9.52. The van der Waals surface area contributed by atoms with Gasteiger partial charge in [0.05, 0.1) is 22.3 Å². The SMILES string of the molecule is CON=CC(C)(C)NC(=O)C(Oc1cc(Cl)c2ncc(SC)cc2c1)SC. The molecule has 27 heavy (non-hydrogen) atoms. The Bertz CT molecular complexity index is 846. The van der Waals surface area contributed by atoms with E-state index in [4.69, 9.17) is 16.3 Å². The minimum atomic E-state index is -0.745. The second-order valence-corrected chi connectivity index (χ2v) is 8.35. The molecule has 0 aliphatic carbocycles. The number of oxime groups is 1. The molecule has 0 saturated heterocycles. The first-order valence-electron chi connectivity index (χ1n) is 8.02. The lowest BCUT2D eigenvalue weighted by atomic mass is 10.1. The van der Waals surface area contributed by atoms with Crippen LogP contribution in [0.15, 0.2) is 34.4 Å². The first kappa shape index (κ1) is 21.7. The highest BCUT2D eigenvalue weighted by atomic mass is 35.5. The van der Waals surface area contributed by atoms with Gasteiger partial charge in [0.15, 0.2) is 0 Å². The van der Waals surface area contributed by atoms with Gasteiger partial charge in [0.25, 0.3) is 5.91 Å². The monoisotopic (exact) mass is 427 g/mol. The number of halogens is 1. The molecule has 0 aliphatic rings. The van der Waals surface area contributed by atoms with Crippen LogP contribution < -0.4 is 10.1 Å². The number of hydrogen-bond acceptors (Lipinski definition) is 7. The van der Waals surface area contributed by atoms with Crippen LogP contribution in [0.3, 0.4) is 0 Å². The summed E-state index contributed by atoms with van der Waals surface area (Å²) < 4.78 is 5.89. The molecule has 0 radical (unpaired) electrons. The summed E-state index contributed by atoms with van der Waals surface area (Å²) in [7, 11) is 1.45. The lowest BCUT2D eigenvalue weighted by molar-refractivity contribution is -0.125. The van der Waals surface area contributed by atoms with Gasteiger partial charge < -0.3 is 14.9 Å². The molecule has 0 aliphatic heterocycles. The van der Waals surface area contributed by atoms with Crippen molar-refractivity contribution < 1.29 is 14.4 Å². The molecule has 0 bridgehead atoms. The number of nitrogens with zero attached hydrogens (tertiary/aromatic N) is 2. The van der Waals surface area contributed by atoms with Crippen molar-refractivity contribution in [3.05, 3.63) is 29.4 Å². The number of aromatic nitrogens is 1. The number of benzene rings is 1. The fraction of sp³-hybridized carbons (Fsp3) is 0.389. The Balaban J connectivity index is 2.22. The van der Waals surface area contributed by atoms with Crippen LogP contribution in [0.5, 0.6) is 5.75 Å². The molecule has 2 aromatic rings. The van der Waals surface area contributed by atoms with Gasteiger partial charge in [-0.15, -0.1) is 23.5 Å². The zero-order chi connectivity index (χ0) is 20.0. The van der Waals surface area contributed by atoms with E-state index in [2.05, 4.69) is 20.3 Å². The summed E-state index contributed by atoms with van der Waals surface area (Å²) in [5.41, 5.74) is -0.725. The summed E-state index contributed by atoms with van der Waals surface area (Å²) >= 11 is 9.22. The normalized spacial score (nSPS) is 13.0. The highest BCUT2D eigenvalue weighted by Gasteiger charge is 2.26. The predicted molar refractivity (Wildman–Crippen MR) is 114 cm³/mol. The van der Waals surface area contributed by atoms with Gasteiger partial charge >= 0.3 is 0 Å². The zero-order valence-electron chi connectivity index (χ0n) is 15.8. The fourth-order valence-corrected chi connectivity index (χ4v) is 3.41. The number of ether oxygens (including phenoxy) is 1. The van der Waals surface area contributed by atoms with E-state index >= 15 is 0 Å². The second-order valence-electron chi connectivity index (χ2n) is 6.17. The van der Waals surface area contributed by atoms with Crippen LogP contribution in [-0.4, -0.2) is 47.7 Å². The third kappa shape index (κ3) is 5.92. The topological polar surface area (TPSA) is 72.8 Å². The van der Waals surface area contributed by atoms with E-state index in [1.165, 1.54) is 25.1 Å². The van der Waals surface area contributed by atoms with Crippen molar-refractivity contribution in [3.8, 4) is 5.75 Å². The summed E-state index contributed by atoms with van der Waals surface area (Å²) in [6, 6.07) is 5.50. The molecular formula is C18H22ClN3O3S2. The summed E-state index contributed by atoms with van der Waals surface area (Å²) in [4.78, 5) is 22.7. The zero-order valence-corrected chi connectivity index (χ0v) is 18.2. The maximum Gasteiger partial charge on any atom is 0.272 e. The van der Waals surface area contributed by atoms with E-state index in [0.29, 0.717) is 16.3 Å². The Morgan fingerprint density at radius 1 is 1.37 bits per heavy atom. The van der Waals surface area contributed by atoms with Crippen molar-refractivity contribution in [3.63, 3.8) is 0 Å². The van der Waals surface area contributed by atoms with Gasteiger partial charge in [0.2, 0.25) is 5.44 Å². The Morgan fingerprint density at radius 3 is 2.74 bits per heavy atom. The van der Waals surface area contributed by atoms with E-state index in [9.17, 15) is 4.79 Å². The summed E-state index contributed by atoms with van der Waals surface area (Å²) in [5.74, 6) is 0.229. The Labute approximate surface area is 172 Å². The maximum atomic E-state index is 12.6. The first-order chi connectivity index (χ1) is 12.8. The summed E-state index contributed by atoms with van der Waals surface area (Å²) in [6.07, 6.45) is 7.08. The highest BCUT2D eigenvalue weighted by Crippen LogP contribution is 2.31. The maximum absolute atomic E-state index is 12.6. The fourth-order valence-electron chi connectivity index (χ4n) is 2.26. The van der Waals surface area contributed by atoms with Crippen LogP contribution in [0.4, 0.5) is 0 Å². The third-order valence-electron chi connectivity index (χ3n) is 3.52. The number of hydrogen-bond donors (Lipinski definition) is 1. The molecule has 1 N–H and O–H groups in total. The van der Waals surface area contributed by atoms with Gasteiger partial charge in [0.1, 0.15) is 12.9 Å².